The van der Waals surface area contributed by atoms with Crippen LogP contribution in [0.25, 0.3) is 0 Å². The number of fused-ring (bicyclic) bond motifs is 2. The van der Waals surface area contributed by atoms with Crippen LogP contribution in [0.4, 0.5) is 0 Å². The number of rotatable bonds is 6. The first-order valence-corrected chi connectivity index (χ1v) is 7.43. The fraction of sp³-hybridized carbons (Fsp3) is 0.667. The van der Waals surface area contributed by atoms with Gasteiger partial charge >= 0.3 is 11.9 Å². The highest BCUT2D eigenvalue weighted by Gasteiger charge is 2.60. The predicted octanol–water partition coefficient (Wildman–Crippen LogP) is -0.510. The average molecular weight is 320 g/mol. The van der Waals surface area contributed by atoms with Crippen LogP contribution in [0, 0.1) is 0 Å². The van der Waals surface area contributed by atoms with Gasteiger partial charge in [-0.2, -0.15) is 0 Å². The molecule has 0 aromatic rings. The molecule has 0 aromatic heterocycles. The molecular formula is C12H16O8S. The fourth-order valence-corrected chi connectivity index (χ4v) is 3.10. The molecule has 4 atom stereocenters. The van der Waals surface area contributed by atoms with Crippen LogP contribution in [0.1, 0.15) is 19.8 Å². The molecule has 2 saturated heterocycles. The monoisotopic (exact) mass is 320 g/mol. The van der Waals surface area contributed by atoms with Gasteiger partial charge in [-0.1, -0.05) is 6.58 Å². The number of esters is 2. The maximum absolute atomic E-state index is 11.7. The molecule has 2 heterocycles. The van der Waals surface area contributed by atoms with Gasteiger partial charge in [-0.15, -0.1) is 0 Å². The first-order chi connectivity index (χ1) is 9.85. The third kappa shape index (κ3) is 3.42. The summed E-state index contributed by atoms with van der Waals surface area (Å²) in [5.41, 5.74) is -0.793. The Balaban J connectivity index is 2.00. The van der Waals surface area contributed by atoms with Crippen molar-refractivity contribution in [2.24, 2.45) is 0 Å². The summed E-state index contributed by atoms with van der Waals surface area (Å²) in [5, 5.41) is 0. The van der Waals surface area contributed by atoms with Gasteiger partial charge in [0.25, 0.3) is 11.0 Å². The highest BCUT2D eigenvalue weighted by Crippen LogP contribution is 2.46. The summed E-state index contributed by atoms with van der Waals surface area (Å²) in [6, 6.07) is 0. The summed E-state index contributed by atoms with van der Waals surface area (Å²) in [4.78, 5) is 22.5. The molecule has 0 saturated carbocycles. The number of carbonyl (C=O) groups is 2. The van der Waals surface area contributed by atoms with E-state index >= 15 is 0 Å². The molecular weight excluding hydrogens is 304 g/mol. The Hall–Kier alpha value is -1.45. The van der Waals surface area contributed by atoms with Crippen LogP contribution in [-0.4, -0.2) is 50.9 Å². The van der Waals surface area contributed by atoms with Gasteiger partial charge in [-0.3, -0.25) is 4.18 Å². The molecule has 8 nitrogen and oxygen atoms in total. The minimum absolute atomic E-state index is 0.434. The minimum atomic E-state index is -3.09. The van der Waals surface area contributed by atoms with Crippen molar-refractivity contribution in [2.45, 2.75) is 43.7 Å². The first-order valence-electron chi connectivity index (χ1n) is 6.33. The molecule has 0 N–H and O–H groups in total. The van der Waals surface area contributed by atoms with E-state index in [2.05, 4.69) is 11.3 Å². The third-order valence-corrected chi connectivity index (χ3v) is 3.99. The molecule has 0 aromatic carbocycles. The van der Waals surface area contributed by atoms with Crippen LogP contribution in [-0.2, 0) is 39.0 Å². The molecule has 2 fully saturated rings. The second kappa shape index (κ2) is 6.12. The topological polar surface area (TPSA) is 105 Å². The first kappa shape index (κ1) is 15.9. The maximum atomic E-state index is 11.7. The van der Waals surface area contributed by atoms with Gasteiger partial charge in [-0.05, 0) is 19.8 Å². The lowest BCUT2D eigenvalue weighted by Crippen LogP contribution is -2.48. The summed E-state index contributed by atoms with van der Waals surface area (Å²) < 4.78 is 41.7. The van der Waals surface area contributed by atoms with Crippen LogP contribution < -0.4 is 0 Å². The van der Waals surface area contributed by atoms with E-state index in [-0.39, 0.29) is 0 Å². The Morgan fingerprint density at radius 1 is 1.48 bits per heavy atom. The summed E-state index contributed by atoms with van der Waals surface area (Å²) in [6.45, 7) is 4.33. The van der Waals surface area contributed by atoms with Crippen LogP contribution in [0.3, 0.4) is 0 Å². The fourth-order valence-electron chi connectivity index (χ4n) is 2.65. The number of ether oxygens (including phenoxy) is 3. The van der Waals surface area contributed by atoms with E-state index in [0.29, 0.717) is 12.8 Å². The standard InChI is InChI=1S/C12H16O8S/c1-3-8(13)17-6-9(14)18-11-10(20-21(15)16)7-4-5-12(11,2)19-7/h3,7,10-11,21H,1,4-6H2,2H3. The van der Waals surface area contributed by atoms with E-state index in [1.807, 2.05) is 0 Å². The summed E-state index contributed by atoms with van der Waals surface area (Å²) >= 11 is 0. The second-order valence-electron chi connectivity index (χ2n) is 5.02. The molecule has 2 aliphatic heterocycles. The zero-order valence-corrected chi connectivity index (χ0v) is 12.2. The number of hydrogen-bond acceptors (Lipinski definition) is 8. The van der Waals surface area contributed by atoms with Gasteiger partial charge < -0.3 is 14.2 Å². The number of hydrogen-bond donors (Lipinski definition) is 1. The lowest BCUT2D eigenvalue weighted by Gasteiger charge is -2.31. The Labute approximate surface area is 123 Å². The van der Waals surface area contributed by atoms with E-state index in [1.165, 1.54) is 0 Å². The normalized spacial score (nSPS) is 33.9. The minimum Gasteiger partial charge on any atom is -0.454 e. The van der Waals surface area contributed by atoms with Crippen molar-refractivity contribution in [3.63, 3.8) is 0 Å². The van der Waals surface area contributed by atoms with Crippen LogP contribution in [0.15, 0.2) is 12.7 Å². The average Bonchev–Trinajstić information content (AvgIpc) is 2.92. The SMILES string of the molecule is C=CC(=O)OCC(=O)OC1C(O[SH](=O)=O)C2CCC1(C)O2. The van der Waals surface area contributed by atoms with Gasteiger partial charge in [0.1, 0.15) is 11.7 Å². The van der Waals surface area contributed by atoms with E-state index in [1.54, 1.807) is 6.92 Å². The van der Waals surface area contributed by atoms with Crippen molar-refractivity contribution in [1.29, 1.82) is 0 Å². The van der Waals surface area contributed by atoms with Gasteiger partial charge in [0, 0.05) is 6.08 Å². The molecule has 0 spiro atoms. The van der Waals surface area contributed by atoms with E-state index in [4.69, 9.17) is 13.7 Å². The Bertz CT molecular complexity index is 519. The zero-order valence-electron chi connectivity index (χ0n) is 11.4. The molecule has 0 amide bonds. The van der Waals surface area contributed by atoms with Crippen LogP contribution in [0.2, 0.25) is 0 Å². The van der Waals surface area contributed by atoms with Gasteiger partial charge in [0.15, 0.2) is 12.7 Å². The molecule has 21 heavy (non-hydrogen) atoms. The lowest BCUT2D eigenvalue weighted by molar-refractivity contribution is -0.169. The number of thiol groups is 1. The molecule has 2 rings (SSSR count). The van der Waals surface area contributed by atoms with Crippen molar-refractivity contribution in [3.05, 3.63) is 12.7 Å². The molecule has 0 aliphatic carbocycles. The van der Waals surface area contributed by atoms with Crippen LogP contribution in [0.5, 0.6) is 0 Å². The van der Waals surface area contributed by atoms with Crippen molar-refractivity contribution in [2.75, 3.05) is 6.61 Å². The van der Waals surface area contributed by atoms with E-state index in [9.17, 15) is 18.0 Å². The number of carbonyl (C=O) groups excluding carboxylic acids is 2. The highest BCUT2D eigenvalue weighted by molar-refractivity contribution is 7.67. The molecule has 2 aliphatic rings. The summed E-state index contributed by atoms with van der Waals surface area (Å²) in [5.74, 6) is -1.56. The van der Waals surface area contributed by atoms with Crippen LogP contribution >= 0.6 is 0 Å². The van der Waals surface area contributed by atoms with Gasteiger partial charge in [0.05, 0.1) is 6.10 Å². The predicted molar refractivity (Wildman–Crippen MR) is 68.7 cm³/mol. The largest absolute Gasteiger partial charge is 0.454 e. The summed E-state index contributed by atoms with van der Waals surface area (Å²) in [7, 11) is -3.09. The molecule has 118 valence electrons. The quantitative estimate of drug-likeness (QED) is 0.396. The Kier molecular flexibility index (Phi) is 4.64. The Morgan fingerprint density at radius 3 is 2.81 bits per heavy atom. The second-order valence-corrected chi connectivity index (χ2v) is 5.68. The third-order valence-electron chi connectivity index (χ3n) is 3.58. The van der Waals surface area contributed by atoms with Crippen molar-refractivity contribution in [3.8, 4) is 0 Å². The summed E-state index contributed by atoms with van der Waals surface area (Å²) in [6.07, 6.45) is 0.00405. The molecule has 4 unspecified atom stereocenters. The molecule has 2 bridgehead atoms. The zero-order chi connectivity index (χ0) is 15.6. The van der Waals surface area contributed by atoms with E-state index < -0.39 is 53.4 Å². The highest BCUT2D eigenvalue weighted by atomic mass is 32.2. The van der Waals surface area contributed by atoms with Crippen molar-refractivity contribution in [1.82, 2.24) is 0 Å². The molecule has 0 radical (unpaired) electrons. The van der Waals surface area contributed by atoms with Crippen molar-refractivity contribution < 1.29 is 36.4 Å². The smallest absolute Gasteiger partial charge is 0.344 e. The molecule has 9 heteroatoms. The van der Waals surface area contributed by atoms with Gasteiger partial charge in [-0.25, -0.2) is 18.0 Å². The van der Waals surface area contributed by atoms with Gasteiger partial charge in [0.2, 0.25) is 0 Å². The van der Waals surface area contributed by atoms with Crippen molar-refractivity contribution >= 4 is 22.9 Å². The van der Waals surface area contributed by atoms with E-state index in [0.717, 1.165) is 6.08 Å². The maximum Gasteiger partial charge on any atom is 0.344 e. The Morgan fingerprint density at radius 2 is 2.19 bits per heavy atom. The lowest BCUT2D eigenvalue weighted by atomic mass is 9.85.